The lowest BCUT2D eigenvalue weighted by Gasteiger charge is -2.28. The van der Waals surface area contributed by atoms with Gasteiger partial charge < -0.3 is 25.5 Å². The Morgan fingerprint density at radius 3 is 2.51 bits per heavy atom. The number of nitrogens with two attached hydrogens (primary N) is 2. The van der Waals surface area contributed by atoms with Crippen LogP contribution in [0.2, 0.25) is 0 Å². The number of fused-ring (bicyclic) bond motifs is 1. The van der Waals surface area contributed by atoms with Crippen LogP contribution in [0.25, 0.3) is 17.4 Å². The lowest BCUT2D eigenvalue weighted by Crippen LogP contribution is -2.40. The molecule has 3 aromatic rings. The fourth-order valence-electron chi connectivity index (χ4n) is 5.14. The number of nitrogens with zero attached hydrogens (tertiary/aromatic N) is 3. The first-order valence-corrected chi connectivity index (χ1v) is 18.0. The first kappa shape index (κ1) is 37.8. The summed E-state index contributed by atoms with van der Waals surface area (Å²) in [6.07, 6.45) is 4.92. The second kappa shape index (κ2) is 16.1. The molecule has 1 aliphatic carbocycles. The number of benzene rings is 1. The number of imidazole rings is 1. The molecule has 0 amide bonds. The number of carbonyl (C=O) groups excluding carboxylic acids is 2. The van der Waals surface area contributed by atoms with Gasteiger partial charge in [-0.3, -0.25) is 28.5 Å². The van der Waals surface area contributed by atoms with E-state index in [4.69, 9.17) is 30.0 Å². The van der Waals surface area contributed by atoms with Gasteiger partial charge in [0, 0.05) is 6.20 Å². The van der Waals surface area contributed by atoms with Crippen LogP contribution in [-0.2, 0) is 28.2 Å². The summed E-state index contributed by atoms with van der Waals surface area (Å²) < 4.78 is 39.5. The zero-order valence-corrected chi connectivity index (χ0v) is 29.8. The second-order valence-electron chi connectivity index (χ2n) is 13.3. The van der Waals surface area contributed by atoms with Crippen LogP contribution in [0.5, 0.6) is 5.75 Å². The van der Waals surface area contributed by atoms with Gasteiger partial charge in [0.1, 0.15) is 30.8 Å². The molecule has 1 saturated carbocycles. The monoisotopic (exact) mass is 701 g/mol. The van der Waals surface area contributed by atoms with Gasteiger partial charge in [0.2, 0.25) is 5.95 Å². The Kier molecular flexibility index (Phi) is 12.4. The SMILES string of the molecule is CCC[C@H](C)OC(=O)C(CC(C)C)N[P@](=O)(OC[C@@]1(COC(=O)[C@H](N)C(C)C)C/C1=C/n1cnc2c(=O)[nH]c(N)nc21)Oc1ccccc1. The van der Waals surface area contributed by atoms with Crippen molar-refractivity contribution in [2.24, 2.45) is 23.0 Å². The molecule has 0 radical (unpaired) electrons. The number of anilines is 1. The van der Waals surface area contributed by atoms with E-state index >= 15 is 0 Å². The number of hydrogen-bond donors (Lipinski definition) is 4. The molecule has 0 saturated heterocycles. The zero-order valence-electron chi connectivity index (χ0n) is 28.9. The van der Waals surface area contributed by atoms with Gasteiger partial charge in [0.25, 0.3) is 5.56 Å². The van der Waals surface area contributed by atoms with Gasteiger partial charge in [0.15, 0.2) is 11.2 Å². The number of rotatable bonds is 18. The molecule has 268 valence electrons. The number of aromatic nitrogens is 4. The molecule has 49 heavy (non-hydrogen) atoms. The summed E-state index contributed by atoms with van der Waals surface area (Å²) in [5.41, 5.74) is 11.4. The van der Waals surface area contributed by atoms with E-state index in [9.17, 15) is 18.9 Å². The number of aromatic amines is 1. The fourth-order valence-corrected chi connectivity index (χ4v) is 6.73. The van der Waals surface area contributed by atoms with Crippen LogP contribution in [0.1, 0.15) is 67.2 Å². The fraction of sp³-hybridized carbons (Fsp3) is 0.545. The van der Waals surface area contributed by atoms with Crippen LogP contribution < -0.4 is 26.6 Å². The third-order valence-corrected chi connectivity index (χ3v) is 9.66. The minimum atomic E-state index is -4.29. The van der Waals surface area contributed by atoms with Gasteiger partial charge in [-0.2, -0.15) is 10.1 Å². The van der Waals surface area contributed by atoms with Crippen molar-refractivity contribution in [3.8, 4) is 5.75 Å². The lowest BCUT2D eigenvalue weighted by molar-refractivity contribution is -0.151. The molecule has 1 aliphatic rings. The number of nitrogens with one attached hydrogen (secondary N) is 2. The van der Waals surface area contributed by atoms with Crippen molar-refractivity contribution in [2.75, 3.05) is 18.9 Å². The van der Waals surface area contributed by atoms with Crippen molar-refractivity contribution in [1.82, 2.24) is 24.6 Å². The molecule has 16 heteroatoms. The average molecular weight is 702 g/mol. The van der Waals surface area contributed by atoms with E-state index in [1.165, 1.54) is 10.9 Å². The largest absolute Gasteiger partial charge is 0.463 e. The first-order chi connectivity index (χ1) is 23.1. The highest BCUT2D eigenvalue weighted by atomic mass is 31.2. The molecule has 2 heterocycles. The summed E-state index contributed by atoms with van der Waals surface area (Å²) >= 11 is 0. The van der Waals surface area contributed by atoms with Crippen molar-refractivity contribution in [1.29, 1.82) is 0 Å². The maximum absolute atomic E-state index is 14.6. The molecule has 6 N–H and O–H groups in total. The molecule has 0 bridgehead atoms. The number of ether oxygens (including phenoxy) is 2. The lowest BCUT2D eigenvalue weighted by atomic mass is 10.0. The number of carbonyl (C=O) groups is 2. The van der Waals surface area contributed by atoms with Crippen LogP contribution in [-0.4, -0.2) is 62.9 Å². The van der Waals surface area contributed by atoms with Crippen molar-refractivity contribution < 1.29 is 32.7 Å². The van der Waals surface area contributed by atoms with Crippen molar-refractivity contribution in [2.45, 2.75) is 85.4 Å². The van der Waals surface area contributed by atoms with E-state index in [0.717, 1.165) is 12.0 Å². The van der Waals surface area contributed by atoms with E-state index < -0.39 is 42.7 Å². The van der Waals surface area contributed by atoms with E-state index in [-0.39, 0.29) is 54.0 Å². The number of hydrogen-bond acceptors (Lipinski definition) is 12. The van der Waals surface area contributed by atoms with Gasteiger partial charge in [-0.05, 0) is 55.7 Å². The highest BCUT2D eigenvalue weighted by molar-refractivity contribution is 7.52. The van der Waals surface area contributed by atoms with E-state index in [1.807, 2.05) is 41.5 Å². The van der Waals surface area contributed by atoms with Gasteiger partial charge >= 0.3 is 19.7 Å². The quantitative estimate of drug-likeness (QED) is 0.107. The maximum atomic E-state index is 14.6. The highest BCUT2D eigenvalue weighted by Crippen LogP contribution is 2.57. The Hall–Kier alpha value is -4.04. The predicted octanol–water partition coefficient (Wildman–Crippen LogP) is 4.40. The van der Waals surface area contributed by atoms with Crippen LogP contribution in [0, 0.1) is 17.3 Å². The molecule has 1 fully saturated rings. The Labute approximate surface area is 285 Å². The van der Waals surface area contributed by atoms with Gasteiger partial charge in [-0.25, -0.2) is 9.55 Å². The summed E-state index contributed by atoms with van der Waals surface area (Å²) in [4.78, 5) is 49.3. The van der Waals surface area contributed by atoms with Crippen LogP contribution in [0.3, 0.4) is 0 Å². The summed E-state index contributed by atoms with van der Waals surface area (Å²) in [6.45, 7) is 10.9. The normalized spacial score (nSPS) is 19.8. The van der Waals surface area contributed by atoms with E-state index in [1.54, 1.807) is 36.5 Å². The molecule has 0 spiro atoms. The summed E-state index contributed by atoms with van der Waals surface area (Å²) in [6, 6.07) is 6.59. The maximum Gasteiger partial charge on any atom is 0.459 e. The Balaban J connectivity index is 1.66. The van der Waals surface area contributed by atoms with Crippen LogP contribution >= 0.6 is 7.75 Å². The van der Waals surface area contributed by atoms with Gasteiger partial charge in [-0.1, -0.05) is 59.2 Å². The van der Waals surface area contributed by atoms with Crippen molar-refractivity contribution in [3.63, 3.8) is 0 Å². The molecule has 0 aliphatic heterocycles. The molecular formula is C33H48N7O8P. The predicted molar refractivity (Wildman–Crippen MR) is 185 cm³/mol. The minimum Gasteiger partial charge on any atom is -0.463 e. The molecular weight excluding hydrogens is 653 g/mol. The molecule has 15 nitrogen and oxygen atoms in total. The summed E-state index contributed by atoms with van der Waals surface area (Å²) in [7, 11) is -4.29. The van der Waals surface area contributed by atoms with Gasteiger partial charge in [0.05, 0.1) is 18.1 Å². The number of H-pyrrole nitrogens is 1. The number of nitrogen functional groups attached to an aromatic ring is 1. The van der Waals surface area contributed by atoms with E-state index in [2.05, 4.69) is 20.0 Å². The Morgan fingerprint density at radius 1 is 1.14 bits per heavy atom. The highest BCUT2D eigenvalue weighted by Gasteiger charge is 2.53. The van der Waals surface area contributed by atoms with Crippen molar-refractivity contribution in [3.05, 3.63) is 52.6 Å². The molecule has 1 aromatic carbocycles. The molecule has 1 unspecified atom stereocenters. The number of para-hydroxylation sites is 1. The first-order valence-electron chi connectivity index (χ1n) is 16.5. The average Bonchev–Trinajstić information content (AvgIpc) is 3.56. The standard InChI is InChI=1S/C33H48N7O8P/c1-7-11-22(6)47-30(42)25(14-20(2)3)39-49(44,48-24-12-9-8-10-13-24)46-18-33(17-45-31(43)26(34)21(4)5)15-23(33)16-40-19-36-27-28(40)37-32(35)38-29(27)41/h8-10,12-13,16,19-22,25-26H,7,11,14-15,17-18,34H2,1-6H3,(H,39,44)(H3,35,37,38,41)/b23-16-/t22-,25?,26+,33-,49-/m0/s1. The van der Waals surface area contributed by atoms with Crippen LogP contribution in [0.4, 0.5) is 5.95 Å². The topological polar surface area (TPSA) is 216 Å². The smallest absolute Gasteiger partial charge is 0.459 e. The third kappa shape index (κ3) is 10.0. The molecule has 2 aromatic heterocycles. The summed E-state index contributed by atoms with van der Waals surface area (Å²) in [5, 5.41) is 2.87. The second-order valence-corrected chi connectivity index (χ2v) is 15.0. The molecule has 5 atom stereocenters. The minimum absolute atomic E-state index is 0.0329. The van der Waals surface area contributed by atoms with E-state index in [0.29, 0.717) is 19.3 Å². The van der Waals surface area contributed by atoms with Crippen molar-refractivity contribution >= 4 is 43.0 Å². The zero-order chi connectivity index (χ0) is 35.9. The van der Waals surface area contributed by atoms with Gasteiger partial charge in [-0.15, -0.1) is 0 Å². The third-order valence-electron chi connectivity index (χ3n) is 8.11. The Morgan fingerprint density at radius 2 is 1.86 bits per heavy atom. The Bertz CT molecular complexity index is 1740. The summed E-state index contributed by atoms with van der Waals surface area (Å²) in [5.74, 6) is -1.13. The number of esters is 2. The molecule has 4 rings (SSSR count). The van der Waals surface area contributed by atoms with Crippen LogP contribution in [0.15, 0.2) is 47.0 Å².